The number of hydrogen-bond acceptors (Lipinski definition) is 1. The molecule has 0 atom stereocenters. The molecule has 1 heterocycles. The van der Waals surface area contributed by atoms with E-state index in [0.717, 1.165) is 11.8 Å². The Morgan fingerprint density at radius 3 is 3.00 bits per heavy atom. The van der Waals surface area contributed by atoms with Crippen molar-refractivity contribution in [3.8, 4) is 0 Å². The molecular weight excluding hydrogens is 202 g/mol. The Morgan fingerprint density at radius 2 is 2.36 bits per heavy atom. The lowest BCUT2D eigenvalue weighted by molar-refractivity contribution is 0.880. The van der Waals surface area contributed by atoms with Crippen LogP contribution in [-0.4, -0.2) is 4.98 Å². The Hall–Kier alpha value is -0.370. The molecule has 0 aromatic carbocycles. The Morgan fingerprint density at radius 1 is 1.55 bits per heavy atom. The van der Waals surface area contributed by atoms with Crippen molar-refractivity contribution in [2.45, 2.75) is 25.1 Å². The van der Waals surface area contributed by atoms with Crippen LogP contribution in [0.15, 0.2) is 18.3 Å². The quantitative estimate of drug-likeness (QED) is 0.705. The molecule has 0 bridgehead atoms. The summed E-state index contributed by atoms with van der Waals surface area (Å²) in [7, 11) is 0. The lowest BCUT2D eigenvalue weighted by atomic mass is 10.2. The third kappa shape index (κ3) is 2.62. The van der Waals surface area contributed by atoms with Gasteiger partial charge in [0.25, 0.3) is 0 Å². The molecule has 1 aromatic heterocycles. The van der Waals surface area contributed by atoms with Gasteiger partial charge in [-0.1, -0.05) is 29.3 Å². The molecule has 1 rings (SSSR count). The maximum absolute atomic E-state index is 4.26. The molecular formula is C9H12BrN. The summed E-state index contributed by atoms with van der Waals surface area (Å²) in [6.07, 6.45) is 4.13. The lowest BCUT2D eigenvalue weighted by Gasteiger charge is -1.98. The maximum atomic E-state index is 4.26. The molecule has 11 heavy (non-hydrogen) atoms. The fourth-order valence-corrected chi connectivity index (χ4v) is 1.35. The molecule has 0 aliphatic carbocycles. The van der Waals surface area contributed by atoms with E-state index in [-0.39, 0.29) is 0 Å². The zero-order chi connectivity index (χ0) is 8.10. The Labute approximate surface area is 76.0 Å². The molecule has 2 heteroatoms. The second-order valence-electron chi connectivity index (χ2n) is 2.54. The lowest BCUT2D eigenvalue weighted by Crippen LogP contribution is -1.89. The van der Waals surface area contributed by atoms with E-state index in [0.29, 0.717) is 0 Å². The highest BCUT2D eigenvalue weighted by Crippen LogP contribution is 2.07. The molecule has 0 spiro atoms. The van der Waals surface area contributed by atoms with Gasteiger partial charge in [-0.05, 0) is 24.1 Å². The number of hydrogen-bond donors (Lipinski definition) is 0. The number of alkyl halides is 1. The molecule has 1 nitrogen and oxygen atoms in total. The number of nitrogens with zero attached hydrogens (tertiary/aromatic N) is 1. The number of pyridine rings is 1. The number of rotatable bonds is 3. The van der Waals surface area contributed by atoms with Crippen molar-refractivity contribution in [2.75, 3.05) is 0 Å². The minimum atomic E-state index is 0.923. The van der Waals surface area contributed by atoms with Gasteiger partial charge >= 0.3 is 0 Å². The van der Waals surface area contributed by atoms with Crippen LogP contribution in [0.1, 0.15) is 24.6 Å². The van der Waals surface area contributed by atoms with E-state index in [1.165, 1.54) is 17.7 Å². The summed E-state index contributed by atoms with van der Waals surface area (Å²) >= 11 is 3.41. The summed E-state index contributed by atoms with van der Waals surface area (Å²) in [5.41, 5.74) is 2.51. The van der Waals surface area contributed by atoms with E-state index in [4.69, 9.17) is 0 Å². The SMILES string of the molecule is CCCc1cc(CBr)ccn1. The first-order valence-electron chi connectivity index (χ1n) is 3.86. The summed E-state index contributed by atoms with van der Waals surface area (Å²) in [4.78, 5) is 4.26. The molecule has 0 N–H and O–H groups in total. The van der Waals surface area contributed by atoms with Crippen LogP contribution in [0.5, 0.6) is 0 Å². The van der Waals surface area contributed by atoms with Crippen LogP contribution in [0.2, 0.25) is 0 Å². The third-order valence-electron chi connectivity index (χ3n) is 1.54. The van der Waals surface area contributed by atoms with Crippen molar-refractivity contribution >= 4 is 15.9 Å². The first-order chi connectivity index (χ1) is 5.36. The van der Waals surface area contributed by atoms with Crippen molar-refractivity contribution in [3.63, 3.8) is 0 Å². The Kier molecular flexibility index (Phi) is 3.57. The van der Waals surface area contributed by atoms with E-state index in [1.54, 1.807) is 0 Å². The zero-order valence-corrected chi connectivity index (χ0v) is 8.26. The highest BCUT2D eigenvalue weighted by atomic mass is 79.9. The van der Waals surface area contributed by atoms with Gasteiger partial charge in [-0.25, -0.2) is 0 Å². The van der Waals surface area contributed by atoms with Crippen LogP contribution in [-0.2, 0) is 11.8 Å². The summed E-state index contributed by atoms with van der Waals surface area (Å²) in [6, 6.07) is 4.19. The van der Waals surface area contributed by atoms with Crippen LogP contribution in [0.3, 0.4) is 0 Å². The van der Waals surface area contributed by atoms with Crippen LogP contribution in [0.4, 0.5) is 0 Å². The van der Waals surface area contributed by atoms with E-state index >= 15 is 0 Å². The molecule has 60 valence electrons. The standard InChI is InChI=1S/C9H12BrN/c1-2-3-9-6-8(7-10)4-5-11-9/h4-6H,2-3,7H2,1H3. The van der Waals surface area contributed by atoms with Gasteiger partial charge in [0.05, 0.1) is 0 Å². The van der Waals surface area contributed by atoms with Crippen LogP contribution < -0.4 is 0 Å². The third-order valence-corrected chi connectivity index (χ3v) is 2.19. The van der Waals surface area contributed by atoms with Crippen molar-refractivity contribution < 1.29 is 0 Å². The van der Waals surface area contributed by atoms with Gasteiger partial charge in [0, 0.05) is 17.2 Å². The number of aromatic nitrogens is 1. The Bertz CT molecular complexity index is 223. The molecule has 0 aliphatic heterocycles. The van der Waals surface area contributed by atoms with Gasteiger partial charge in [0.2, 0.25) is 0 Å². The summed E-state index contributed by atoms with van der Waals surface area (Å²) in [5, 5.41) is 0.923. The monoisotopic (exact) mass is 213 g/mol. The largest absolute Gasteiger partial charge is 0.261 e. The first kappa shape index (κ1) is 8.72. The summed E-state index contributed by atoms with van der Waals surface area (Å²) in [6.45, 7) is 2.17. The van der Waals surface area contributed by atoms with Crippen LogP contribution in [0, 0.1) is 0 Å². The van der Waals surface area contributed by atoms with Gasteiger partial charge < -0.3 is 0 Å². The normalized spacial score (nSPS) is 10.0. The fraction of sp³-hybridized carbons (Fsp3) is 0.444. The van der Waals surface area contributed by atoms with Gasteiger partial charge in [-0.3, -0.25) is 4.98 Å². The highest BCUT2D eigenvalue weighted by molar-refractivity contribution is 9.08. The smallest absolute Gasteiger partial charge is 0.0406 e. The van der Waals surface area contributed by atoms with Gasteiger partial charge in [-0.15, -0.1) is 0 Å². The molecule has 0 saturated carbocycles. The van der Waals surface area contributed by atoms with Crippen molar-refractivity contribution in [1.82, 2.24) is 4.98 Å². The zero-order valence-electron chi connectivity index (χ0n) is 6.68. The van der Waals surface area contributed by atoms with E-state index in [9.17, 15) is 0 Å². The van der Waals surface area contributed by atoms with Gasteiger partial charge in [0.1, 0.15) is 0 Å². The second kappa shape index (κ2) is 4.50. The van der Waals surface area contributed by atoms with Crippen LogP contribution >= 0.6 is 15.9 Å². The minimum Gasteiger partial charge on any atom is -0.261 e. The number of halogens is 1. The second-order valence-corrected chi connectivity index (χ2v) is 3.10. The predicted octanol–water partition coefficient (Wildman–Crippen LogP) is 2.93. The van der Waals surface area contributed by atoms with Crippen molar-refractivity contribution in [1.29, 1.82) is 0 Å². The molecule has 1 aromatic rings. The van der Waals surface area contributed by atoms with E-state index in [1.807, 2.05) is 12.3 Å². The highest BCUT2D eigenvalue weighted by Gasteiger charge is 1.93. The van der Waals surface area contributed by atoms with Crippen molar-refractivity contribution in [2.24, 2.45) is 0 Å². The molecule has 0 fully saturated rings. The molecule has 0 unspecified atom stereocenters. The van der Waals surface area contributed by atoms with Gasteiger partial charge in [0.15, 0.2) is 0 Å². The Balaban J connectivity index is 2.74. The average Bonchev–Trinajstić information content (AvgIpc) is 2.06. The first-order valence-corrected chi connectivity index (χ1v) is 4.98. The fourth-order valence-electron chi connectivity index (χ4n) is 1.00. The van der Waals surface area contributed by atoms with Crippen molar-refractivity contribution in [3.05, 3.63) is 29.6 Å². The average molecular weight is 214 g/mol. The van der Waals surface area contributed by atoms with E-state index in [2.05, 4.69) is 33.9 Å². The van der Waals surface area contributed by atoms with E-state index < -0.39 is 0 Å². The molecule has 0 amide bonds. The van der Waals surface area contributed by atoms with Gasteiger partial charge in [-0.2, -0.15) is 0 Å². The minimum absolute atomic E-state index is 0.923. The van der Waals surface area contributed by atoms with Crippen LogP contribution in [0.25, 0.3) is 0 Å². The topological polar surface area (TPSA) is 12.9 Å². The predicted molar refractivity (Wildman–Crippen MR) is 50.9 cm³/mol. The molecule has 0 radical (unpaired) electrons. The maximum Gasteiger partial charge on any atom is 0.0406 e. The summed E-state index contributed by atoms with van der Waals surface area (Å²) in [5.74, 6) is 0. The molecule has 0 aliphatic rings. The number of aryl methyl sites for hydroxylation is 1. The summed E-state index contributed by atoms with van der Waals surface area (Å²) < 4.78 is 0. The molecule has 0 saturated heterocycles.